The van der Waals surface area contributed by atoms with Crippen LogP contribution in [0.15, 0.2) is 66.8 Å². The Bertz CT molecular complexity index is 1860. The number of aliphatic carboxylic acids is 2. The SMILES string of the molecule is CCCCCCCCCCCCCCC=CC(CC(=O)Oc1c2ccccc2c(OC(=O)CC(C=CCCCCCCCCCCCCCC)C(=O)O)c2c(C)cccc12)C(=O)O. The number of carboxylic acids is 2. The molecule has 8 heteroatoms. The third-order valence-corrected chi connectivity index (χ3v) is 12.2. The van der Waals surface area contributed by atoms with E-state index in [0.29, 0.717) is 21.5 Å². The minimum Gasteiger partial charge on any atom is -0.481 e. The van der Waals surface area contributed by atoms with Crippen molar-refractivity contribution in [2.75, 3.05) is 0 Å². The van der Waals surface area contributed by atoms with E-state index in [1.165, 1.54) is 128 Å². The van der Waals surface area contributed by atoms with Crippen molar-refractivity contribution in [3.8, 4) is 11.5 Å². The molecule has 0 amide bonds. The van der Waals surface area contributed by atoms with Crippen LogP contribution in [0, 0.1) is 18.8 Å². The number of carboxylic acid groups (broad SMARTS) is 2. The highest BCUT2D eigenvalue weighted by atomic mass is 16.5. The number of aryl methyl sites for hydroxylation is 1. The van der Waals surface area contributed by atoms with Gasteiger partial charge < -0.3 is 19.7 Å². The van der Waals surface area contributed by atoms with Crippen LogP contribution in [0.5, 0.6) is 11.5 Å². The molecule has 0 aliphatic carbocycles. The Hall–Kier alpha value is -4.46. The molecule has 348 valence electrons. The monoisotopic (exact) mass is 869 g/mol. The molecule has 8 nitrogen and oxygen atoms in total. The quantitative estimate of drug-likeness (QED) is 0.0194. The zero-order chi connectivity index (χ0) is 45.5. The number of hydrogen-bond donors (Lipinski definition) is 2. The van der Waals surface area contributed by atoms with Gasteiger partial charge in [-0.2, -0.15) is 0 Å². The van der Waals surface area contributed by atoms with Gasteiger partial charge in [-0.15, -0.1) is 0 Å². The van der Waals surface area contributed by atoms with Crippen molar-refractivity contribution in [1.29, 1.82) is 0 Å². The number of esters is 2. The lowest BCUT2D eigenvalue weighted by Gasteiger charge is -2.18. The number of rotatable bonds is 36. The van der Waals surface area contributed by atoms with Crippen LogP contribution in [0.4, 0.5) is 0 Å². The van der Waals surface area contributed by atoms with Gasteiger partial charge in [-0.05, 0) is 38.2 Å². The average molecular weight is 869 g/mol. The fourth-order valence-corrected chi connectivity index (χ4v) is 8.41. The van der Waals surface area contributed by atoms with Gasteiger partial charge >= 0.3 is 23.9 Å². The van der Waals surface area contributed by atoms with Crippen LogP contribution in [0.3, 0.4) is 0 Å². The Kier molecular flexibility index (Phi) is 27.1. The molecule has 3 rings (SSSR count). The summed E-state index contributed by atoms with van der Waals surface area (Å²) in [4.78, 5) is 51.4. The summed E-state index contributed by atoms with van der Waals surface area (Å²) in [6.45, 7) is 6.35. The van der Waals surface area contributed by atoms with E-state index in [1.54, 1.807) is 42.5 Å². The zero-order valence-electron chi connectivity index (χ0n) is 39.1. The first-order valence-electron chi connectivity index (χ1n) is 24.8. The molecule has 2 N–H and O–H groups in total. The fourth-order valence-electron chi connectivity index (χ4n) is 8.41. The summed E-state index contributed by atoms with van der Waals surface area (Å²) < 4.78 is 12.0. The van der Waals surface area contributed by atoms with Crippen LogP contribution >= 0.6 is 0 Å². The lowest BCUT2D eigenvalue weighted by atomic mass is 9.97. The molecule has 3 aromatic carbocycles. The molecule has 0 saturated heterocycles. The van der Waals surface area contributed by atoms with Crippen molar-refractivity contribution in [3.05, 3.63) is 72.3 Å². The summed E-state index contributed by atoms with van der Waals surface area (Å²) in [7, 11) is 0. The van der Waals surface area contributed by atoms with E-state index in [9.17, 15) is 29.4 Å². The standard InChI is InChI=1S/C55H80O8/c1-4-6-8-10-12-14-16-18-20-22-24-26-28-30-36-44(54(58)59)41-49(56)62-52-46-38-32-33-39-47(46)53(51-43(3)35-34-40-48(51)52)63-50(57)42-45(55(60)61)37-31-29-27-25-23-21-19-17-15-13-11-9-7-5-2/h30-40,44-45H,4-29,41-42H2,1-3H3,(H,58,59)(H,60,61). The van der Waals surface area contributed by atoms with Crippen LogP contribution in [-0.2, 0) is 19.2 Å². The van der Waals surface area contributed by atoms with Crippen molar-refractivity contribution < 1.29 is 38.9 Å². The fraction of sp³-hybridized carbons (Fsp3) is 0.600. The van der Waals surface area contributed by atoms with Gasteiger partial charge in [-0.3, -0.25) is 19.2 Å². The molecule has 0 saturated carbocycles. The molecular formula is C55H80O8. The summed E-state index contributed by atoms with van der Waals surface area (Å²) in [5.41, 5.74) is 0.764. The van der Waals surface area contributed by atoms with E-state index < -0.39 is 35.7 Å². The van der Waals surface area contributed by atoms with Crippen molar-refractivity contribution in [1.82, 2.24) is 0 Å². The smallest absolute Gasteiger partial charge is 0.312 e. The molecule has 63 heavy (non-hydrogen) atoms. The Morgan fingerprint density at radius 2 is 0.825 bits per heavy atom. The Labute approximate surface area is 379 Å². The van der Waals surface area contributed by atoms with Gasteiger partial charge in [0.2, 0.25) is 0 Å². The molecule has 0 fully saturated rings. The first-order valence-corrected chi connectivity index (χ1v) is 24.8. The number of ether oxygens (including phenoxy) is 2. The van der Waals surface area contributed by atoms with E-state index in [4.69, 9.17) is 9.47 Å². The first kappa shape index (κ1) is 52.9. The summed E-state index contributed by atoms with van der Waals surface area (Å²) >= 11 is 0. The maximum Gasteiger partial charge on any atom is 0.312 e. The van der Waals surface area contributed by atoms with Gasteiger partial charge in [0.25, 0.3) is 0 Å². The van der Waals surface area contributed by atoms with Gasteiger partial charge in [0.1, 0.15) is 11.5 Å². The molecule has 0 aliphatic heterocycles. The van der Waals surface area contributed by atoms with E-state index in [2.05, 4.69) is 13.8 Å². The van der Waals surface area contributed by atoms with Crippen molar-refractivity contribution >= 4 is 45.4 Å². The molecule has 0 spiro atoms. The second kappa shape index (κ2) is 32.2. The van der Waals surface area contributed by atoms with E-state index >= 15 is 0 Å². The molecule has 3 aromatic rings. The predicted octanol–water partition coefficient (Wildman–Crippen LogP) is 15.6. The van der Waals surface area contributed by atoms with Gasteiger partial charge in [0.05, 0.1) is 24.7 Å². The van der Waals surface area contributed by atoms with Gasteiger partial charge in [0, 0.05) is 21.5 Å². The summed E-state index contributed by atoms with van der Waals surface area (Å²) in [6.07, 6.45) is 37.9. The Balaban J connectivity index is 1.56. The van der Waals surface area contributed by atoms with Gasteiger partial charge in [0.15, 0.2) is 0 Å². The van der Waals surface area contributed by atoms with Crippen LogP contribution in [0.2, 0.25) is 0 Å². The zero-order valence-corrected chi connectivity index (χ0v) is 39.1. The number of carbonyl (C=O) groups is 4. The average Bonchev–Trinajstić information content (AvgIpc) is 3.26. The number of allylic oxidation sites excluding steroid dienone is 2. The molecule has 0 aromatic heterocycles. The number of carbonyl (C=O) groups excluding carboxylic acids is 2. The maximum absolute atomic E-state index is 13.5. The highest BCUT2D eigenvalue weighted by Crippen LogP contribution is 2.44. The van der Waals surface area contributed by atoms with Crippen LogP contribution < -0.4 is 9.47 Å². The molecule has 0 heterocycles. The summed E-state index contributed by atoms with van der Waals surface area (Å²) in [5, 5.41) is 22.1. The predicted molar refractivity (Wildman–Crippen MR) is 259 cm³/mol. The van der Waals surface area contributed by atoms with E-state index in [-0.39, 0.29) is 24.3 Å². The second-order valence-electron chi connectivity index (χ2n) is 17.7. The highest BCUT2D eigenvalue weighted by molar-refractivity contribution is 6.13. The molecule has 0 aliphatic rings. The number of benzene rings is 3. The minimum atomic E-state index is -1.09. The Morgan fingerprint density at radius 1 is 0.476 bits per heavy atom. The van der Waals surface area contributed by atoms with Gasteiger partial charge in [-0.25, -0.2) is 0 Å². The summed E-state index contributed by atoms with van der Waals surface area (Å²) in [6, 6.07) is 12.6. The highest BCUT2D eigenvalue weighted by Gasteiger charge is 2.26. The molecular weight excluding hydrogens is 789 g/mol. The van der Waals surface area contributed by atoms with Crippen LogP contribution in [0.1, 0.15) is 199 Å². The molecule has 0 radical (unpaired) electrons. The third-order valence-electron chi connectivity index (χ3n) is 12.2. The number of unbranched alkanes of at least 4 members (excludes halogenated alkanes) is 24. The minimum absolute atomic E-state index is 0.253. The van der Waals surface area contributed by atoms with Crippen molar-refractivity contribution in [2.24, 2.45) is 11.8 Å². The molecule has 2 unspecified atom stereocenters. The lowest BCUT2D eigenvalue weighted by Crippen LogP contribution is -2.20. The Morgan fingerprint density at radius 3 is 1.22 bits per heavy atom. The van der Waals surface area contributed by atoms with E-state index in [0.717, 1.165) is 44.1 Å². The van der Waals surface area contributed by atoms with Gasteiger partial charge in [-0.1, -0.05) is 222 Å². The summed E-state index contributed by atoms with van der Waals surface area (Å²) in [5.74, 6) is -5.11. The molecule has 2 atom stereocenters. The lowest BCUT2D eigenvalue weighted by molar-refractivity contribution is -0.145. The molecule has 0 bridgehead atoms. The van der Waals surface area contributed by atoms with Crippen LogP contribution in [0.25, 0.3) is 21.5 Å². The van der Waals surface area contributed by atoms with E-state index in [1.807, 2.05) is 31.2 Å². The largest absolute Gasteiger partial charge is 0.481 e. The first-order chi connectivity index (χ1) is 30.7. The number of hydrogen-bond acceptors (Lipinski definition) is 6. The normalized spacial score (nSPS) is 12.7. The third kappa shape index (κ3) is 20.7. The maximum atomic E-state index is 13.5. The van der Waals surface area contributed by atoms with Crippen molar-refractivity contribution in [2.45, 2.75) is 201 Å². The topological polar surface area (TPSA) is 127 Å². The second-order valence-corrected chi connectivity index (χ2v) is 17.7. The number of fused-ring (bicyclic) bond motifs is 2. The van der Waals surface area contributed by atoms with Crippen LogP contribution in [-0.4, -0.2) is 34.1 Å². The van der Waals surface area contributed by atoms with Crippen molar-refractivity contribution in [3.63, 3.8) is 0 Å².